The zero-order valence-corrected chi connectivity index (χ0v) is 5.63. The van der Waals surface area contributed by atoms with Gasteiger partial charge in [-0.25, -0.2) is 0 Å². The van der Waals surface area contributed by atoms with Crippen molar-refractivity contribution >= 4 is 11.8 Å². The maximum absolute atomic E-state index is 10.5. The Balaban J connectivity index is 3.50. The quantitative estimate of drug-likeness (QED) is 0.428. The maximum Gasteiger partial charge on any atom is 0.248 e. The van der Waals surface area contributed by atoms with Gasteiger partial charge < -0.3 is 16.2 Å². The second kappa shape index (κ2) is 3.84. The third kappa shape index (κ3) is 3.85. The molecule has 1 atom stereocenters. The topological polar surface area (TPSA) is 92.4 Å². The van der Waals surface area contributed by atoms with Crippen molar-refractivity contribution in [1.82, 2.24) is 5.32 Å². The Morgan fingerprint density at radius 3 is 2.50 bits per heavy atom. The molecule has 0 aliphatic carbocycles. The number of aliphatic hydroxyl groups excluding tert-OH is 1. The molecule has 0 radical (unpaired) electrons. The summed E-state index contributed by atoms with van der Waals surface area (Å²) in [6, 6.07) is 0. The number of amides is 2. The van der Waals surface area contributed by atoms with Gasteiger partial charge in [-0.3, -0.25) is 9.59 Å². The molecule has 0 heterocycles. The van der Waals surface area contributed by atoms with Crippen LogP contribution in [0.2, 0.25) is 0 Å². The van der Waals surface area contributed by atoms with Gasteiger partial charge in [0.05, 0.1) is 6.54 Å². The first-order chi connectivity index (χ1) is 4.54. The molecule has 0 aromatic rings. The lowest BCUT2D eigenvalue weighted by Crippen LogP contribution is -2.38. The Kier molecular flexibility index (Phi) is 3.42. The van der Waals surface area contributed by atoms with E-state index in [1.807, 2.05) is 0 Å². The highest BCUT2D eigenvalue weighted by Crippen LogP contribution is 1.76. The fourth-order valence-electron chi connectivity index (χ4n) is 0.322. The molecule has 0 saturated carbocycles. The lowest BCUT2D eigenvalue weighted by atomic mass is 10.4. The van der Waals surface area contributed by atoms with E-state index in [4.69, 9.17) is 10.8 Å². The maximum atomic E-state index is 10.5. The van der Waals surface area contributed by atoms with E-state index in [0.717, 1.165) is 0 Å². The first-order valence-electron chi connectivity index (χ1n) is 2.78. The summed E-state index contributed by atoms with van der Waals surface area (Å²) in [6.07, 6.45) is -1.10. The first kappa shape index (κ1) is 8.90. The van der Waals surface area contributed by atoms with Gasteiger partial charge in [-0.15, -0.1) is 0 Å². The van der Waals surface area contributed by atoms with Crippen LogP contribution >= 0.6 is 0 Å². The Labute approximate surface area is 58.2 Å². The second-order valence-corrected chi connectivity index (χ2v) is 1.86. The van der Waals surface area contributed by atoms with E-state index in [1.165, 1.54) is 6.92 Å². The number of carbonyl (C=O) groups is 2. The molecule has 0 aliphatic heterocycles. The summed E-state index contributed by atoms with van der Waals surface area (Å²) in [5.41, 5.74) is 4.71. The van der Waals surface area contributed by atoms with Crippen molar-refractivity contribution in [2.45, 2.75) is 13.0 Å². The Morgan fingerprint density at radius 2 is 2.20 bits per heavy atom. The van der Waals surface area contributed by atoms with Crippen LogP contribution < -0.4 is 11.1 Å². The lowest BCUT2D eigenvalue weighted by Gasteiger charge is -2.03. The predicted molar refractivity (Wildman–Crippen MR) is 33.9 cm³/mol. The number of carbonyl (C=O) groups excluding carboxylic acids is 2. The van der Waals surface area contributed by atoms with E-state index >= 15 is 0 Å². The summed E-state index contributed by atoms with van der Waals surface area (Å²) >= 11 is 0. The molecule has 1 unspecified atom stereocenters. The molecule has 0 aromatic heterocycles. The molecule has 0 spiro atoms. The SMILES string of the molecule is CC(O)C(=O)NCC(N)=O. The number of primary amides is 1. The van der Waals surface area contributed by atoms with E-state index in [2.05, 4.69) is 5.32 Å². The van der Waals surface area contributed by atoms with Crippen LogP contribution in [0.15, 0.2) is 0 Å². The number of aliphatic hydroxyl groups is 1. The van der Waals surface area contributed by atoms with Crippen molar-refractivity contribution in [3.8, 4) is 0 Å². The standard InChI is InChI=1S/C5H10N2O3/c1-3(8)5(10)7-2-4(6)9/h3,8H,2H2,1H3,(H2,6,9)(H,7,10). The molecule has 5 heteroatoms. The zero-order valence-electron chi connectivity index (χ0n) is 5.63. The smallest absolute Gasteiger partial charge is 0.248 e. The number of nitrogens with one attached hydrogen (secondary N) is 1. The van der Waals surface area contributed by atoms with Crippen LogP contribution in [0, 0.1) is 0 Å². The summed E-state index contributed by atoms with van der Waals surface area (Å²) in [5.74, 6) is -1.23. The van der Waals surface area contributed by atoms with Gasteiger partial charge in [-0.1, -0.05) is 0 Å². The first-order valence-corrected chi connectivity index (χ1v) is 2.78. The zero-order chi connectivity index (χ0) is 8.15. The largest absolute Gasteiger partial charge is 0.384 e. The summed E-state index contributed by atoms with van der Waals surface area (Å²) in [6.45, 7) is 1.07. The van der Waals surface area contributed by atoms with Gasteiger partial charge in [-0.05, 0) is 6.92 Å². The Hall–Kier alpha value is -1.10. The molecule has 0 rings (SSSR count). The fraction of sp³-hybridized carbons (Fsp3) is 0.600. The minimum Gasteiger partial charge on any atom is -0.384 e. The van der Waals surface area contributed by atoms with Gasteiger partial charge in [-0.2, -0.15) is 0 Å². The third-order valence-electron chi connectivity index (χ3n) is 0.816. The molecule has 0 fully saturated rings. The number of rotatable bonds is 3. The molecule has 0 saturated heterocycles. The average molecular weight is 146 g/mol. The molecule has 0 aliphatic rings. The van der Waals surface area contributed by atoms with E-state index in [1.54, 1.807) is 0 Å². The van der Waals surface area contributed by atoms with Gasteiger partial charge in [0.1, 0.15) is 6.10 Å². The highest BCUT2D eigenvalue weighted by atomic mass is 16.3. The van der Waals surface area contributed by atoms with Crippen molar-refractivity contribution in [1.29, 1.82) is 0 Å². The Morgan fingerprint density at radius 1 is 1.70 bits per heavy atom. The van der Waals surface area contributed by atoms with Gasteiger partial charge in [0, 0.05) is 0 Å². The normalized spacial score (nSPS) is 12.2. The average Bonchev–Trinajstić information content (AvgIpc) is 1.82. The molecule has 0 aromatic carbocycles. The van der Waals surface area contributed by atoms with Crippen LogP contribution in [0.25, 0.3) is 0 Å². The van der Waals surface area contributed by atoms with Crippen molar-refractivity contribution in [3.63, 3.8) is 0 Å². The second-order valence-electron chi connectivity index (χ2n) is 1.86. The number of hydrogen-bond donors (Lipinski definition) is 3. The number of nitrogens with two attached hydrogens (primary N) is 1. The minimum atomic E-state index is -1.10. The number of hydrogen-bond acceptors (Lipinski definition) is 3. The van der Waals surface area contributed by atoms with Crippen molar-refractivity contribution in [2.24, 2.45) is 5.73 Å². The summed E-state index contributed by atoms with van der Waals surface area (Å²) in [7, 11) is 0. The highest BCUT2D eigenvalue weighted by Gasteiger charge is 2.07. The summed E-state index contributed by atoms with van der Waals surface area (Å²) < 4.78 is 0. The van der Waals surface area contributed by atoms with E-state index in [-0.39, 0.29) is 6.54 Å². The fourth-order valence-corrected chi connectivity index (χ4v) is 0.322. The minimum absolute atomic E-state index is 0.232. The van der Waals surface area contributed by atoms with E-state index in [9.17, 15) is 9.59 Å². The van der Waals surface area contributed by atoms with Crippen LogP contribution in [-0.4, -0.2) is 29.6 Å². The molecule has 58 valence electrons. The van der Waals surface area contributed by atoms with E-state index < -0.39 is 17.9 Å². The van der Waals surface area contributed by atoms with Gasteiger partial charge in [0.25, 0.3) is 0 Å². The highest BCUT2D eigenvalue weighted by molar-refractivity contribution is 5.85. The third-order valence-corrected chi connectivity index (χ3v) is 0.816. The predicted octanol–water partition coefficient (Wildman–Crippen LogP) is -2.03. The molecule has 10 heavy (non-hydrogen) atoms. The van der Waals surface area contributed by atoms with E-state index in [0.29, 0.717) is 0 Å². The lowest BCUT2D eigenvalue weighted by molar-refractivity contribution is -0.130. The molecule has 2 amide bonds. The van der Waals surface area contributed by atoms with Gasteiger partial charge in [0.2, 0.25) is 11.8 Å². The molecule has 4 N–H and O–H groups in total. The van der Waals surface area contributed by atoms with Crippen LogP contribution in [0.5, 0.6) is 0 Å². The van der Waals surface area contributed by atoms with Gasteiger partial charge >= 0.3 is 0 Å². The Bertz CT molecular complexity index is 144. The molecular weight excluding hydrogens is 136 g/mol. The van der Waals surface area contributed by atoms with Gasteiger partial charge in [0.15, 0.2) is 0 Å². The van der Waals surface area contributed by atoms with Crippen molar-refractivity contribution in [2.75, 3.05) is 6.54 Å². The summed E-state index contributed by atoms with van der Waals surface area (Å²) in [5, 5.41) is 10.7. The monoisotopic (exact) mass is 146 g/mol. The van der Waals surface area contributed by atoms with Crippen LogP contribution in [0.4, 0.5) is 0 Å². The molecule has 5 nitrogen and oxygen atoms in total. The van der Waals surface area contributed by atoms with Crippen LogP contribution in [-0.2, 0) is 9.59 Å². The van der Waals surface area contributed by atoms with Crippen molar-refractivity contribution in [3.05, 3.63) is 0 Å². The van der Waals surface area contributed by atoms with Crippen LogP contribution in [0.1, 0.15) is 6.92 Å². The molecule has 0 bridgehead atoms. The van der Waals surface area contributed by atoms with Crippen LogP contribution in [0.3, 0.4) is 0 Å². The molecular formula is C5H10N2O3. The van der Waals surface area contributed by atoms with Crippen molar-refractivity contribution < 1.29 is 14.7 Å². The summed E-state index contributed by atoms with van der Waals surface area (Å²) in [4.78, 5) is 20.5.